The van der Waals surface area contributed by atoms with Gasteiger partial charge in [-0.2, -0.15) is 0 Å². The quantitative estimate of drug-likeness (QED) is 0.605. The van der Waals surface area contributed by atoms with Crippen molar-refractivity contribution in [1.29, 1.82) is 0 Å². The Bertz CT molecular complexity index is 959. The number of nitrogens with zero attached hydrogens (tertiary/aromatic N) is 4. The van der Waals surface area contributed by atoms with Gasteiger partial charge in [-0.15, -0.1) is 5.10 Å². The number of para-hydroxylation sites is 1. The molecule has 2 aliphatic heterocycles. The Morgan fingerprint density at radius 2 is 1.81 bits per heavy atom. The molecule has 7 nitrogen and oxygen atoms in total. The van der Waals surface area contributed by atoms with E-state index in [1.165, 1.54) is 21.7 Å². The van der Waals surface area contributed by atoms with E-state index in [4.69, 9.17) is 4.74 Å². The molecule has 3 heterocycles. The smallest absolute Gasteiger partial charge is 0.214 e. The fourth-order valence-corrected chi connectivity index (χ4v) is 4.98. The fraction of sp³-hybridized carbons (Fsp3) is 0.458. The predicted molar refractivity (Wildman–Crippen MR) is 117 cm³/mol. The van der Waals surface area contributed by atoms with Crippen molar-refractivity contribution in [2.75, 3.05) is 32.8 Å². The summed E-state index contributed by atoms with van der Waals surface area (Å²) in [5.74, 6) is 0.956. The van der Waals surface area contributed by atoms with E-state index in [1.54, 1.807) is 4.90 Å². The Labute approximate surface area is 183 Å². The van der Waals surface area contributed by atoms with E-state index in [1.807, 2.05) is 4.68 Å². The van der Waals surface area contributed by atoms with Crippen LogP contribution in [0.2, 0.25) is 0 Å². The zero-order chi connectivity index (χ0) is 21.0. The van der Waals surface area contributed by atoms with Gasteiger partial charge in [0.25, 0.3) is 0 Å². The average molecular weight is 421 g/mol. The number of benzene rings is 2. The van der Waals surface area contributed by atoms with Gasteiger partial charge >= 0.3 is 0 Å². The minimum atomic E-state index is 0.134. The number of aromatic nitrogens is 4. The van der Waals surface area contributed by atoms with Crippen LogP contribution in [-0.4, -0.2) is 59.1 Å². The molecule has 2 N–H and O–H groups in total. The molecular weight excluding hydrogens is 388 g/mol. The Kier molecular flexibility index (Phi) is 6.06. The van der Waals surface area contributed by atoms with Gasteiger partial charge in [-0.1, -0.05) is 48.0 Å². The van der Waals surface area contributed by atoms with Crippen LogP contribution in [0.15, 0.2) is 54.6 Å². The van der Waals surface area contributed by atoms with E-state index in [2.05, 4.69) is 77.0 Å². The lowest BCUT2D eigenvalue weighted by molar-refractivity contribution is -1.00. The first-order valence-electron chi connectivity index (χ1n) is 11.5. The minimum Gasteiger partial charge on any atom is -0.376 e. The van der Waals surface area contributed by atoms with Crippen LogP contribution >= 0.6 is 0 Å². The van der Waals surface area contributed by atoms with Crippen molar-refractivity contribution in [3.8, 4) is 0 Å². The van der Waals surface area contributed by atoms with Gasteiger partial charge < -0.3 is 9.64 Å². The van der Waals surface area contributed by atoms with Gasteiger partial charge in [-0.05, 0) is 42.3 Å². The first-order valence-corrected chi connectivity index (χ1v) is 11.5. The van der Waals surface area contributed by atoms with Crippen molar-refractivity contribution in [3.05, 3.63) is 71.5 Å². The summed E-state index contributed by atoms with van der Waals surface area (Å²) in [7, 11) is 0. The van der Waals surface area contributed by atoms with E-state index < -0.39 is 0 Å². The summed E-state index contributed by atoms with van der Waals surface area (Å²) >= 11 is 0. The van der Waals surface area contributed by atoms with E-state index in [9.17, 15) is 0 Å². The molecule has 7 heteroatoms. The van der Waals surface area contributed by atoms with Gasteiger partial charge in [-0.25, -0.2) is 4.68 Å². The standard InChI is InChI=1S/C24H30N6O/c1-19-9-11-20(12-10-19)23(24-25-26-27-30(24)18-22-8-5-17-31-22)29-15-13-28(14-16-29)21-6-3-2-4-7-21/h2-4,6-7,9-12,22-23H,5,8,13-18H2,1H3/p+2/t22-,23-/m1/s1. The highest BCUT2D eigenvalue weighted by atomic mass is 16.5. The van der Waals surface area contributed by atoms with Gasteiger partial charge in [0, 0.05) is 12.2 Å². The molecule has 0 amide bonds. The van der Waals surface area contributed by atoms with Crippen molar-refractivity contribution in [2.45, 2.75) is 38.5 Å². The topological polar surface area (TPSA) is 61.7 Å². The van der Waals surface area contributed by atoms with E-state index in [0.29, 0.717) is 0 Å². The maximum absolute atomic E-state index is 5.86. The molecule has 2 aromatic carbocycles. The highest BCUT2D eigenvalue weighted by molar-refractivity contribution is 5.28. The maximum atomic E-state index is 5.86. The monoisotopic (exact) mass is 420 g/mol. The van der Waals surface area contributed by atoms with Crippen molar-refractivity contribution in [1.82, 2.24) is 20.2 Å². The summed E-state index contributed by atoms with van der Waals surface area (Å²) in [6, 6.07) is 19.8. The number of piperazine rings is 1. The van der Waals surface area contributed by atoms with Crippen molar-refractivity contribution in [2.24, 2.45) is 0 Å². The molecule has 31 heavy (non-hydrogen) atoms. The average Bonchev–Trinajstić information content (AvgIpc) is 3.49. The van der Waals surface area contributed by atoms with Crippen LogP contribution in [0.4, 0.5) is 5.69 Å². The van der Waals surface area contributed by atoms with Crippen LogP contribution < -0.4 is 9.80 Å². The van der Waals surface area contributed by atoms with Crippen LogP contribution in [0.25, 0.3) is 0 Å². The lowest BCUT2D eigenvalue weighted by Crippen LogP contribution is -3.26. The Morgan fingerprint density at radius 3 is 2.52 bits per heavy atom. The third kappa shape index (κ3) is 4.54. The fourth-order valence-electron chi connectivity index (χ4n) is 4.98. The van der Waals surface area contributed by atoms with Crippen molar-refractivity contribution < 1.29 is 14.5 Å². The number of aryl methyl sites for hydroxylation is 1. The summed E-state index contributed by atoms with van der Waals surface area (Å²) in [6.45, 7) is 8.09. The molecule has 2 fully saturated rings. The molecular formula is C24H32N6O+2. The number of hydrogen-bond acceptors (Lipinski definition) is 4. The lowest BCUT2D eigenvalue weighted by Gasteiger charge is -2.34. The molecule has 0 aliphatic carbocycles. The molecule has 5 rings (SSSR count). The second-order valence-corrected chi connectivity index (χ2v) is 8.83. The maximum Gasteiger partial charge on any atom is 0.214 e. The Balaban J connectivity index is 1.40. The zero-order valence-corrected chi connectivity index (χ0v) is 18.2. The molecule has 162 valence electrons. The highest BCUT2D eigenvalue weighted by Gasteiger charge is 2.36. The first-order chi connectivity index (χ1) is 15.3. The molecule has 2 aliphatic rings. The summed E-state index contributed by atoms with van der Waals surface area (Å²) in [5.41, 5.74) is 3.94. The predicted octanol–water partition coefficient (Wildman–Crippen LogP) is 0.365. The number of quaternary nitrogens is 2. The van der Waals surface area contributed by atoms with E-state index in [0.717, 1.165) is 58.0 Å². The second-order valence-electron chi connectivity index (χ2n) is 8.83. The van der Waals surface area contributed by atoms with Crippen LogP contribution in [0.3, 0.4) is 0 Å². The molecule has 0 spiro atoms. The number of hydrogen-bond donors (Lipinski definition) is 2. The molecule has 2 saturated heterocycles. The molecule has 2 atom stereocenters. The number of tetrazole rings is 1. The number of rotatable bonds is 6. The van der Waals surface area contributed by atoms with Crippen LogP contribution in [0.1, 0.15) is 35.8 Å². The van der Waals surface area contributed by atoms with E-state index >= 15 is 0 Å². The molecule has 3 aromatic rings. The van der Waals surface area contributed by atoms with Gasteiger partial charge in [0.05, 0.1) is 12.6 Å². The molecule has 0 radical (unpaired) electrons. The van der Waals surface area contributed by atoms with Gasteiger partial charge in [0.2, 0.25) is 5.82 Å². The molecule has 0 unspecified atom stereocenters. The third-order valence-electron chi connectivity index (χ3n) is 6.72. The summed E-state index contributed by atoms with van der Waals surface area (Å²) in [5, 5.41) is 13.0. The summed E-state index contributed by atoms with van der Waals surface area (Å²) < 4.78 is 7.85. The minimum absolute atomic E-state index is 0.134. The SMILES string of the molecule is Cc1ccc([C@H](c2nnnn2C[C@H]2CCCO2)[NH+]2CC[NH+](c3ccccc3)CC2)cc1. The number of ether oxygens (including phenoxy) is 1. The second kappa shape index (κ2) is 9.26. The van der Waals surface area contributed by atoms with E-state index in [-0.39, 0.29) is 12.1 Å². The Hall–Kier alpha value is -2.61. The van der Waals surface area contributed by atoms with Gasteiger partial charge in [-0.3, -0.25) is 4.90 Å². The van der Waals surface area contributed by atoms with Crippen LogP contribution in [-0.2, 0) is 11.3 Å². The van der Waals surface area contributed by atoms with Crippen molar-refractivity contribution in [3.63, 3.8) is 0 Å². The van der Waals surface area contributed by atoms with Crippen LogP contribution in [0, 0.1) is 6.92 Å². The Morgan fingerprint density at radius 1 is 1.03 bits per heavy atom. The van der Waals surface area contributed by atoms with Crippen molar-refractivity contribution >= 4 is 5.69 Å². The third-order valence-corrected chi connectivity index (χ3v) is 6.72. The van der Waals surface area contributed by atoms with Gasteiger partial charge in [0.1, 0.15) is 31.9 Å². The summed E-state index contributed by atoms with van der Waals surface area (Å²) in [4.78, 5) is 3.10. The largest absolute Gasteiger partial charge is 0.376 e. The zero-order valence-electron chi connectivity index (χ0n) is 18.2. The number of nitrogens with one attached hydrogen (secondary N) is 2. The summed E-state index contributed by atoms with van der Waals surface area (Å²) in [6.07, 6.45) is 2.43. The first kappa shape index (κ1) is 20.3. The lowest BCUT2D eigenvalue weighted by atomic mass is 10.0. The van der Waals surface area contributed by atoms with Gasteiger partial charge in [0.15, 0.2) is 6.04 Å². The molecule has 1 aromatic heterocycles. The molecule has 0 bridgehead atoms. The van der Waals surface area contributed by atoms with Crippen LogP contribution in [0.5, 0.6) is 0 Å². The molecule has 0 saturated carbocycles. The normalized spacial score (nSPS) is 24.9. The highest BCUT2D eigenvalue weighted by Crippen LogP contribution is 2.20.